The Hall–Kier alpha value is -1.28. The lowest BCUT2D eigenvalue weighted by atomic mass is 10.1. The Morgan fingerprint density at radius 1 is 1.38 bits per heavy atom. The van der Waals surface area contributed by atoms with Crippen LogP contribution in [0.4, 0.5) is 0 Å². The lowest BCUT2D eigenvalue weighted by Crippen LogP contribution is -2.27. The number of thiophene rings is 1. The molecule has 2 aromatic rings. The van der Waals surface area contributed by atoms with Gasteiger partial charge in [0.1, 0.15) is 4.99 Å². The van der Waals surface area contributed by atoms with Crippen LogP contribution in [0.1, 0.15) is 16.7 Å². The van der Waals surface area contributed by atoms with Crippen LogP contribution in [-0.2, 0) is 16.6 Å². The zero-order valence-electron chi connectivity index (χ0n) is 11.7. The van der Waals surface area contributed by atoms with E-state index in [2.05, 4.69) is 0 Å². The van der Waals surface area contributed by atoms with Crippen molar-refractivity contribution in [2.24, 2.45) is 5.73 Å². The highest BCUT2D eigenvalue weighted by Gasteiger charge is 2.23. The van der Waals surface area contributed by atoms with Crippen molar-refractivity contribution in [3.63, 3.8) is 0 Å². The standard InChI is InChI=1S/C14H16N2O2S3/c1-10-3-4-12(14(15)19)7-13(10)21(17,18)16(2)8-11-5-6-20-9-11/h3-7,9H,8H2,1-2H3,(H2,15,19). The van der Waals surface area contributed by atoms with Crippen molar-refractivity contribution in [3.05, 3.63) is 51.7 Å². The van der Waals surface area contributed by atoms with Gasteiger partial charge in [-0.25, -0.2) is 8.42 Å². The predicted octanol–water partition coefficient (Wildman–Crippen LogP) is 2.51. The summed E-state index contributed by atoms with van der Waals surface area (Å²) < 4.78 is 26.7. The van der Waals surface area contributed by atoms with Gasteiger partial charge in [-0.05, 0) is 40.9 Å². The molecule has 0 aliphatic heterocycles. The van der Waals surface area contributed by atoms with Gasteiger partial charge >= 0.3 is 0 Å². The molecule has 0 amide bonds. The summed E-state index contributed by atoms with van der Waals surface area (Å²) in [6.45, 7) is 2.09. The van der Waals surface area contributed by atoms with Crippen molar-refractivity contribution in [2.45, 2.75) is 18.4 Å². The highest BCUT2D eigenvalue weighted by molar-refractivity contribution is 7.89. The number of benzene rings is 1. The predicted molar refractivity (Wildman–Crippen MR) is 90.0 cm³/mol. The molecule has 0 saturated heterocycles. The van der Waals surface area contributed by atoms with E-state index >= 15 is 0 Å². The van der Waals surface area contributed by atoms with E-state index in [1.165, 1.54) is 10.4 Å². The molecule has 0 aliphatic rings. The Labute approximate surface area is 134 Å². The molecule has 4 nitrogen and oxygen atoms in total. The molecule has 0 spiro atoms. The van der Waals surface area contributed by atoms with E-state index in [-0.39, 0.29) is 9.88 Å². The van der Waals surface area contributed by atoms with E-state index in [1.807, 2.05) is 16.8 Å². The Morgan fingerprint density at radius 3 is 2.67 bits per heavy atom. The van der Waals surface area contributed by atoms with Crippen LogP contribution in [0.5, 0.6) is 0 Å². The zero-order chi connectivity index (χ0) is 15.6. The minimum absolute atomic E-state index is 0.187. The summed E-state index contributed by atoms with van der Waals surface area (Å²) in [6, 6.07) is 6.90. The van der Waals surface area contributed by atoms with Crippen molar-refractivity contribution in [1.82, 2.24) is 4.31 Å². The first-order valence-electron chi connectivity index (χ1n) is 6.20. The van der Waals surface area contributed by atoms with Crippen molar-refractivity contribution in [1.29, 1.82) is 0 Å². The van der Waals surface area contributed by atoms with Gasteiger partial charge in [0.2, 0.25) is 10.0 Å². The molecule has 0 unspecified atom stereocenters. The van der Waals surface area contributed by atoms with E-state index in [0.717, 1.165) is 5.56 Å². The first-order chi connectivity index (χ1) is 9.82. The molecule has 2 N–H and O–H groups in total. The van der Waals surface area contributed by atoms with Crippen molar-refractivity contribution < 1.29 is 8.42 Å². The molecule has 0 aliphatic carbocycles. The summed E-state index contributed by atoms with van der Waals surface area (Å²) >= 11 is 6.46. The largest absolute Gasteiger partial charge is 0.389 e. The third kappa shape index (κ3) is 3.49. The second-order valence-electron chi connectivity index (χ2n) is 4.74. The molecule has 1 heterocycles. The number of hydrogen-bond acceptors (Lipinski definition) is 4. The first-order valence-corrected chi connectivity index (χ1v) is 8.99. The molecular formula is C14H16N2O2S3. The third-order valence-corrected chi connectivity index (χ3v) is 6.06. The SMILES string of the molecule is Cc1ccc(C(N)=S)cc1S(=O)(=O)N(C)Cc1ccsc1. The number of rotatable bonds is 5. The molecule has 0 radical (unpaired) electrons. The van der Waals surface area contributed by atoms with Gasteiger partial charge in [-0.3, -0.25) is 0 Å². The lowest BCUT2D eigenvalue weighted by Gasteiger charge is -2.18. The minimum atomic E-state index is -3.58. The summed E-state index contributed by atoms with van der Waals surface area (Å²) in [5.41, 5.74) is 7.78. The van der Waals surface area contributed by atoms with Gasteiger partial charge in [0, 0.05) is 19.2 Å². The number of nitrogens with zero attached hydrogens (tertiary/aromatic N) is 1. The number of sulfonamides is 1. The maximum Gasteiger partial charge on any atom is 0.243 e. The highest BCUT2D eigenvalue weighted by atomic mass is 32.2. The average molecular weight is 340 g/mol. The molecule has 0 fully saturated rings. The fraction of sp³-hybridized carbons (Fsp3) is 0.214. The molecule has 0 bridgehead atoms. The maximum atomic E-state index is 12.7. The quantitative estimate of drug-likeness (QED) is 0.850. The number of aryl methyl sites for hydroxylation is 1. The van der Waals surface area contributed by atoms with E-state index < -0.39 is 10.0 Å². The minimum Gasteiger partial charge on any atom is -0.389 e. The topological polar surface area (TPSA) is 63.4 Å². The summed E-state index contributed by atoms with van der Waals surface area (Å²) in [4.78, 5) is 0.428. The monoisotopic (exact) mass is 340 g/mol. The summed E-state index contributed by atoms with van der Waals surface area (Å²) in [5, 5.41) is 3.86. The smallest absolute Gasteiger partial charge is 0.243 e. The molecule has 21 heavy (non-hydrogen) atoms. The second kappa shape index (κ2) is 6.23. The Bertz CT molecular complexity index is 753. The number of hydrogen-bond donors (Lipinski definition) is 1. The molecule has 2 rings (SSSR count). The lowest BCUT2D eigenvalue weighted by molar-refractivity contribution is 0.467. The van der Waals surface area contributed by atoms with Gasteiger partial charge in [-0.2, -0.15) is 15.6 Å². The average Bonchev–Trinajstić information content (AvgIpc) is 2.91. The van der Waals surface area contributed by atoms with Crippen LogP contribution < -0.4 is 5.73 Å². The van der Waals surface area contributed by atoms with Crippen LogP contribution >= 0.6 is 23.6 Å². The fourth-order valence-electron chi connectivity index (χ4n) is 1.92. The van der Waals surface area contributed by atoms with Gasteiger partial charge in [0.05, 0.1) is 4.90 Å². The maximum absolute atomic E-state index is 12.7. The fourth-order valence-corrected chi connectivity index (χ4v) is 4.12. The molecular weight excluding hydrogens is 324 g/mol. The normalized spacial score (nSPS) is 11.8. The molecule has 1 aromatic carbocycles. The molecule has 7 heteroatoms. The van der Waals surface area contributed by atoms with Crippen LogP contribution in [0.3, 0.4) is 0 Å². The van der Waals surface area contributed by atoms with Gasteiger partial charge in [-0.15, -0.1) is 0 Å². The van der Waals surface area contributed by atoms with Crippen LogP contribution in [0.25, 0.3) is 0 Å². The van der Waals surface area contributed by atoms with Gasteiger partial charge in [0.25, 0.3) is 0 Å². The van der Waals surface area contributed by atoms with E-state index in [9.17, 15) is 8.42 Å². The summed E-state index contributed by atoms with van der Waals surface area (Å²) in [5.74, 6) is 0. The zero-order valence-corrected chi connectivity index (χ0v) is 14.2. The number of thiocarbonyl (C=S) groups is 1. The number of nitrogens with two attached hydrogens (primary N) is 1. The van der Waals surface area contributed by atoms with Gasteiger partial charge < -0.3 is 5.73 Å². The highest BCUT2D eigenvalue weighted by Crippen LogP contribution is 2.22. The van der Waals surface area contributed by atoms with E-state index in [4.69, 9.17) is 18.0 Å². The first kappa shape index (κ1) is 16.1. The summed E-state index contributed by atoms with van der Waals surface area (Å²) in [7, 11) is -2.01. The second-order valence-corrected chi connectivity index (χ2v) is 7.97. The van der Waals surface area contributed by atoms with Crippen molar-refractivity contribution in [3.8, 4) is 0 Å². The Kier molecular flexibility index (Phi) is 4.77. The van der Waals surface area contributed by atoms with E-state index in [1.54, 1.807) is 37.4 Å². The van der Waals surface area contributed by atoms with Crippen LogP contribution in [-0.4, -0.2) is 24.8 Å². The molecule has 1 aromatic heterocycles. The van der Waals surface area contributed by atoms with Gasteiger partial charge in [0.15, 0.2) is 0 Å². The van der Waals surface area contributed by atoms with Crippen molar-refractivity contribution >= 4 is 38.6 Å². The van der Waals surface area contributed by atoms with Crippen LogP contribution in [0.2, 0.25) is 0 Å². The van der Waals surface area contributed by atoms with Crippen molar-refractivity contribution in [2.75, 3.05) is 7.05 Å². The Balaban J connectivity index is 2.38. The molecule has 0 atom stereocenters. The van der Waals surface area contributed by atoms with Crippen LogP contribution in [0, 0.1) is 6.92 Å². The van der Waals surface area contributed by atoms with Gasteiger partial charge in [-0.1, -0.05) is 24.4 Å². The molecule has 0 saturated carbocycles. The molecule has 112 valence electrons. The van der Waals surface area contributed by atoms with E-state index in [0.29, 0.717) is 17.7 Å². The van der Waals surface area contributed by atoms with Crippen LogP contribution in [0.15, 0.2) is 39.9 Å². The summed E-state index contributed by atoms with van der Waals surface area (Å²) in [6.07, 6.45) is 0. The Morgan fingerprint density at radius 2 is 2.10 bits per heavy atom. The third-order valence-electron chi connectivity index (χ3n) is 3.15.